The first-order valence-corrected chi connectivity index (χ1v) is 12.4. The monoisotopic (exact) mass is 481 g/mol. The van der Waals surface area contributed by atoms with Crippen LogP contribution in [0.25, 0.3) is 17.1 Å². The molecule has 0 bridgehead atoms. The molecule has 2 heterocycles. The van der Waals surface area contributed by atoms with Gasteiger partial charge in [0.15, 0.2) is 11.5 Å². The van der Waals surface area contributed by atoms with Crippen LogP contribution in [0.5, 0.6) is 11.5 Å². The minimum atomic E-state index is 0.0447. The van der Waals surface area contributed by atoms with Crippen molar-refractivity contribution in [3.8, 4) is 11.5 Å². The number of carbonyl (C=O) groups is 1. The molecule has 5 rings (SSSR count). The van der Waals surface area contributed by atoms with Crippen LogP contribution in [-0.2, 0) is 17.9 Å². The molecule has 1 aromatic heterocycles. The Morgan fingerprint density at radius 1 is 1.03 bits per heavy atom. The summed E-state index contributed by atoms with van der Waals surface area (Å²) in [5.41, 5.74) is 4.20. The zero-order valence-electron chi connectivity index (χ0n) is 20.8. The number of hydrogen-bond acceptors (Lipinski definition) is 4. The highest BCUT2D eigenvalue weighted by Crippen LogP contribution is 2.32. The SMILES string of the molecule is C/C=C/c1ccc(OCCn2c(C3CC(=O)N(Cc4ccccc4)C3)nc3ccccc32)c(OC)c1. The molecule has 1 saturated heterocycles. The highest BCUT2D eigenvalue weighted by molar-refractivity contribution is 5.81. The van der Waals surface area contributed by atoms with Crippen LogP contribution in [0.15, 0.2) is 78.9 Å². The van der Waals surface area contributed by atoms with Gasteiger partial charge < -0.3 is 18.9 Å². The van der Waals surface area contributed by atoms with Crippen LogP contribution < -0.4 is 9.47 Å². The minimum Gasteiger partial charge on any atom is -0.493 e. The summed E-state index contributed by atoms with van der Waals surface area (Å²) in [4.78, 5) is 19.8. The number of carbonyl (C=O) groups excluding carboxylic acids is 1. The number of likely N-dealkylation sites (tertiary alicyclic amines) is 1. The Bertz CT molecular complexity index is 1380. The molecule has 6 nitrogen and oxygen atoms in total. The van der Waals surface area contributed by atoms with E-state index in [-0.39, 0.29) is 11.8 Å². The van der Waals surface area contributed by atoms with E-state index < -0.39 is 0 Å². The third kappa shape index (κ3) is 4.98. The number of amides is 1. The quantitative estimate of drug-likeness (QED) is 0.309. The van der Waals surface area contributed by atoms with Crippen LogP contribution in [-0.4, -0.2) is 40.6 Å². The number of ether oxygens (including phenoxy) is 2. The molecule has 0 radical (unpaired) electrons. The van der Waals surface area contributed by atoms with Crippen molar-refractivity contribution in [2.75, 3.05) is 20.3 Å². The zero-order chi connectivity index (χ0) is 24.9. The predicted octanol–water partition coefficient (Wildman–Crippen LogP) is 5.67. The lowest BCUT2D eigenvalue weighted by Crippen LogP contribution is -2.24. The van der Waals surface area contributed by atoms with Gasteiger partial charge in [0.25, 0.3) is 0 Å². The molecule has 4 aromatic rings. The molecule has 1 aliphatic heterocycles. The van der Waals surface area contributed by atoms with Crippen molar-refractivity contribution in [2.24, 2.45) is 0 Å². The van der Waals surface area contributed by atoms with Crippen molar-refractivity contribution in [3.63, 3.8) is 0 Å². The minimum absolute atomic E-state index is 0.0447. The van der Waals surface area contributed by atoms with Gasteiger partial charge in [-0.15, -0.1) is 0 Å². The van der Waals surface area contributed by atoms with Crippen LogP contribution in [0, 0.1) is 0 Å². The number of hydrogen-bond donors (Lipinski definition) is 0. The van der Waals surface area contributed by atoms with Gasteiger partial charge in [0.2, 0.25) is 5.91 Å². The normalized spacial score (nSPS) is 15.8. The first-order valence-electron chi connectivity index (χ1n) is 12.4. The summed E-state index contributed by atoms with van der Waals surface area (Å²) in [6.45, 7) is 4.36. The van der Waals surface area contributed by atoms with E-state index in [1.165, 1.54) is 0 Å². The van der Waals surface area contributed by atoms with Crippen molar-refractivity contribution < 1.29 is 14.3 Å². The topological polar surface area (TPSA) is 56.6 Å². The third-order valence-corrected chi connectivity index (χ3v) is 6.60. The van der Waals surface area contributed by atoms with Gasteiger partial charge in [-0.1, -0.05) is 60.7 Å². The first-order chi connectivity index (χ1) is 17.7. The Balaban J connectivity index is 1.34. The van der Waals surface area contributed by atoms with Crippen molar-refractivity contribution in [3.05, 3.63) is 95.8 Å². The Kier molecular flexibility index (Phi) is 7.03. The van der Waals surface area contributed by atoms with Crippen LogP contribution >= 0.6 is 0 Å². The molecule has 1 atom stereocenters. The number of fused-ring (bicyclic) bond motifs is 1. The molecule has 1 unspecified atom stereocenters. The number of para-hydroxylation sites is 2. The lowest BCUT2D eigenvalue weighted by molar-refractivity contribution is -0.128. The van der Waals surface area contributed by atoms with Crippen LogP contribution in [0.4, 0.5) is 0 Å². The Morgan fingerprint density at radius 2 is 1.83 bits per heavy atom. The van der Waals surface area contributed by atoms with Crippen molar-refractivity contribution >= 4 is 23.0 Å². The van der Waals surface area contributed by atoms with Gasteiger partial charge in [-0.25, -0.2) is 4.98 Å². The van der Waals surface area contributed by atoms with Gasteiger partial charge >= 0.3 is 0 Å². The average molecular weight is 482 g/mol. The lowest BCUT2D eigenvalue weighted by atomic mass is 10.1. The first kappa shape index (κ1) is 23.7. The summed E-state index contributed by atoms with van der Waals surface area (Å²) in [6, 6.07) is 24.2. The Labute approximate surface area is 211 Å². The largest absolute Gasteiger partial charge is 0.493 e. The van der Waals surface area contributed by atoms with E-state index in [4.69, 9.17) is 14.5 Å². The highest BCUT2D eigenvalue weighted by atomic mass is 16.5. The van der Waals surface area contributed by atoms with E-state index in [9.17, 15) is 4.79 Å². The molecule has 0 N–H and O–H groups in total. The fourth-order valence-electron chi connectivity index (χ4n) is 4.89. The molecule has 0 aliphatic carbocycles. The molecule has 3 aromatic carbocycles. The number of nitrogens with zero attached hydrogens (tertiary/aromatic N) is 3. The molecule has 36 heavy (non-hydrogen) atoms. The predicted molar refractivity (Wildman–Crippen MR) is 142 cm³/mol. The number of benzene rings is 3. The van der Waals surface area contributed by atoms with Gasteiger partial charge in [-0.2, -0.15) is 0 Å². The summed E-state index contributed by atoms with van der Waals surface area (Å²) < 4.78 is 13.9. The maximum atomic E-state index is 12.9. The fourth-order valence-corrected chi connectivity index (χ4v) is 4.89. The fraction of sp³-hybridized carbons (Fsp3) is 0.267. The molecule has 1 amide bonds. The summed E-state index contributed by atoms with van der Waals surface area (Å²) in [6.07, 6.45) is 4.49. The summed E-state index contributed by atoms with van der Waals surface area (Å²) >= 11 is 0. The van der Waals surface area contributed by atoms with Gasteiger partial charge in [0, 0.05) is 25.4 Å². The van der Waals surface area contributed by atoms with Crippen LogP contribution in [0.2, 0.25) is 0 Å². The number of methoxy groups -OCH3 is 1. The van der Waals surface area contributed by atoms with Gasteiger partial charge in [-0.05, 0) is 42.3 Å². The summed E-state index contributed by atoms with van der Waals surface area (Å²) in [5, 5.41) is 0. The van der Waals surface area contributed by atoms with Crippen LogP contribution in [0.1, 0.15) is 36.2 Å². The molecule has 1 aliphatic rings. The molecule has 0 saturated carbocycles. The molecule has 0 spiro atoms. The zero-order valence-corrected chi connectivity index (χ0v) is 20.8. The van der Waals surface area contributed by atoms with Gasteiger partial charge in [0.05, 0.1) is 24.7 Å². The number of imidazole rings is 1. The van der Waals surface area contributed by atoms with E-state index >= 15 is 0 Å². The molecular formula is C30H31N3O3. The van der Waals surface area contributed by atoms with E-state index in [1.54, 1.807) is 7.11 Å². The van der Waals surface area contributed by atoms with Crippen molar-refractivity contribution in [2.45, 2.75) is 32.4 Å². The standard InChI is InChI=1S/C30H31N3O3/c1-3-9-22-14-15-27(28(18-22)35-2)36-17-16-33-26-13-8-7-12-25(26)31-30(33)24-19-29(34)32(21-24)20-23-10-5-4-6-11-23/h3-15,18,24H,16-17,19-21H2,1-2H3/b9-3+. The number of rotatable bonds is 9. The van der Waals surface area contributed by atoms with E-state index in [0.717, 1.165) is 28.0 Å². The van der Waals surface area contributed by atoms with E-state index in [2.05, 4.69) is 22.8 Å². The van der Waals surface area contributed by atoms with Crippen LogP contribution in [0.3, 0.4) is 0 Å². The maximum absolute atomic E-state index is 12.9. The maximum Gasteiger partial charge on any atom is 0.223 e. The van der Waals surface area contributed by atoms with Crippen molar-refractivity contribution in [1.29, 1.82) is 0 Å². The molecule has 6 heteroatoms. The second-order valence-corrected chi connectivity index (χ2v) is 9.03. The lowest BCUT2D eigenvalue weighted by Gasteiger charge is -2.18. The number of allylic oxidation sites excluding steroid dienone is 1. The molecule has 1 fully saturated rings. The smallest absolute Gasteiger partial charge is 0.223 e. The Hall–Kier alpha value is -4.06. The molecular weight excluding hydrogens is 450 g/mol. The van der Waals surface area contributed by atoms with E-state index in [0.29, 0.717) is 44.2 Å². The summed E-state index contributed by atoms with van der Waals surface area (Å²) in [5.74, 6) is 2.58. The Morgan fingerprint density at radius 3 is 2.64 bits per heavy atom. The second-order valence-electron chi connectivity index (χ2n) is 9.03. The van der Waals surface area contributed by atoms with Crippen molar-refractivity contribution in [1.82, 2.24) is 14.5 Å². The third-order valence-electron chi connectivity index (χ3n) is 6.60. The van der Waals surface area contributed by atoms with Gasteiger partial charge in [-0.3, -0.25) is 4.79 Å². The van der Waals surface area contributed by atoms with E-state index in [1.807, 2.05) is 78.6 Å². The second kappa shape index (κ2) is 10.7. The highest BCUT2D eigenvalue weighted by Gasteiger charge is 2.34. The number of aromatic nitrogens is 2. The molecule has 184 valence electrons. The average Bonchev–Trinajstić information content (AvgIpc) is 3.45. The van der Waals surface area contributed by atoms with Gasteiger partial charge in [0.1, 0.15) is 12.4 Å². The summed E-state index contributed by atoms with van der Waals surface area (Å²) in [7, 11) is 1.65.